The van der Waals surface area contributed by atoms with E-state index in [-0.39, 0.29) is 29.3 Å². The maximum absolute atomic E-state index is 14.0. The molecule has 1 heterocycles. The van der Waals surface area contributed by atoms with E-state index in [1.165, 1.54) is 19.2 Å². The van der Waals surface area contributed by atoms with Crippen LogP contribution in [0.4, 0.5) is 4.39 Å². The molecule has 5 heteroatoms. The number of methoxy groups -OCH3 is 1. The Balaban J connectivity index is 2.39. The summed E-state index contributed by atoms with van der Waals surface area (Å²) in [5.41, 5.74) is 5.76. The first-order valence-corrected chi connectivity index (χ1v) is 6.95. The van der Waals surface area contributed by atoms with Crippen LogP contribution in [0, 0.1) is 5.82 Å². The summed E-state index contributed by atoms with van der Waals surface area (Å²) in [6.07, 6.45) is 2.82. The van der Waals surface area contributed by atoms with Crippen molar-refractivity contribution >= 4 is 5.91 Å². The van der Waals surface area contributed by atoms with Gasteiger partial charge >= 0.3 is 0 Å². The second-order valence-corrected chi connectivity index (χ2v) is 5.20. The summed E-state index contributed by atoms with van der Waals surface area (Å²) < 4.78 is 19.2. The van der Waals surface area contributed by atoms with Gasteiger partial charge in [0.2, 0.25) is 0 Å². The number of amides is 1. The van der Waals surface area contributed by atoms with Gasteiger partial charge in [0.25, 0.3) is 5.91 Å². The lowest BCUT2D eigenvalue weighted by Crippen LogP contribution is -2.52. The van der Waals surface area contributed by atoms with Crippen LogP contribution in [0.15, 0.2) is 18.2 Å². The van der Waals surface area contributed by atoms with E-state index in [1.807, 2.05) is 6.92 Å². The number of hydrogen-bond donors (Lipinski definition) is 1. The van der Waals surface area contributed by atoms with E-state index in [4.69, 9.17) is 10.5 Å². The molecule has 110 valence electrons. The molecule has 0 aliphatic carbocycles. The number of nitrogens with two attached hydrogens (primary N) is 1. The fraction of sp³-hybridized carbons (Fsp3) is 0.533. The van der Waals surface area contributed by atoms with Gasteiger partial charge in [-0.25, -0.2) is 4.39 Å². The molecule has 0 saturated carbocycles. The molecular weight excluding hydrogens is 259 g/mol. The highest BCUT2D eigenvalue weighted by molar-refractivity contribution is 5.97. The van der Waals surface area contributed by atoms with Crippen molar-refractivity contribution in [2.75, 3.05) is 13.7 Å². The van der Waals surface area contributed by atoms with Crippen LogP contribution in [0.5, 0.6) is 5.75 Å². The average Bonchev–Trinajstić information content (AvgIpc) is 2.45. The van der Waals surface area contributed by atoms with Gasteiger partial charge in [0.05, 0.1) is 7.11 Å². The van der Waals surface area contributed by atoms with Gasteiger partial charge in [-0.05, 0) is 38.3 Å². The Kier molecular flexibility index (Phi) is 4.60. The zero-order valence-corrected chi connectivity index (χ0v) is 11.9. The molecule has 1 amide bonds. The maximum Gasteiger partial charge on any atom is 0.261 e. The van der Waals surface area contributed by atoms with Crippen LogP contribution in [-0.2, 0) is 0 Å². The van der Waals surface area contributed by atoms with Gasteiger partial charge in [0, 0.05) is 18.6 Å². The first-order chi connectivity index (χ1) is 9.60. The highest BCUT2D eigenvalue weighted by Gasteiger charge is 2.34. The first-order valence-electron chi connectivity index (χ1n) is 6.95. The molecule has 4 nitrogen and oxygen atoms in total. The normalized spacial score (nSPS) is 22.7. The molecule has 2 atom stereocenters. The number of hydrogen-bond acceptors (Lipinski definition) is 3. The summed E-state index contributed by atoms with van der Waals surface area (Å²) in [6, 6.07) is 4.44. The number of halogens is 1. The Labute approximate surface area is 118 Å². The fourth-order valence-corrected chi connectivity index (χ4v) is 2.90. The molecule has 0 bridgehead atoms. The van der Waals surface area contributed by atoms with Gasteiger partial charge in [-0.15, -0.1) is 0 Å². The summed E-state index contributed by atoms with van der Waals surface area (Å²) in [6.45, 7) is 2.37. The van der Waals surface area contributed by atoms with Gasteiger partial charge in [0.15, 0.2) is 0 Å². The van der Waals surface area contributed by atoms with E-state index in [2.05, 4.69) is 0 Å². The summed E-state index contributed by atoms with van der Waals surface area (Å²) in [5, 5.41) is 0. The van der Waals surface area contributed by atoms with Crippen molar-refractivity contribution in [2.45, 2.75) is 38.3 Å². The molecule has 1 fully saturated rings. The van der Waals surface area contributed by atoms with Crippen molar-refractivity contribution in [1.29, 1.82) is 0 Å². The molecular formula is C15H21FN2O2. The monoisotopic (exact) mass is 280 g/mol. The Morgan fingerprint density at radius 3 is 2.90 bits per heavy atom. The zero-order chi connectivity index (χ0) is 14.7. The first kappa shape index (κ1) is 14.8. The van der Waals surface area contributed by atoms with Crippen molar-refractivity contribution in [2.24, 2.45) is 5.73 Å². The second kappa shape index (κ2) is 6.22. The number of likely N-dealkylation sites (tertiary alicyclic amines) is 1. The third-order valence-electron chi connectivity index (χ3n) is 3.94. The lowest BCUT2D eigenvalue weighted by atomic mass is 9.95. The SMILES string of the molecule is COc1cccc(F)c1C(=O)N1C(C)CCCC1CN. The second-order valence-electron chi connectivity index (χ2n) is 5.20. The smallest absolute Gasteiger partial charge is 0.261 e. The Morgan fingerprint density at radius 2 is 2.25 bits per heavy atom. The third-order valence-corrected chi connectivity index (χ3v) is 3.94. The quantitative estimate of drug-likeness (QED) is 0.923. The molecule has 2 rings (SSSR count). The number of rotatable bonds is 3. The maximum atomic E-state index is 14.0. The van der Waals surface area contributed by atoms with Crippen LogP contribution < -0.4 is 10.5 Å². The lowest BCUT2D eigenvalue weighted by molar-refractivity contribution is 0.0486. The third kappa shape index (κ3) is 2.63. The average molecular weight is 280 g/mol. The fourth-order valence-electron chi connectivity index (χ4n) is 2.90. The van der Waals surface area contributed by atoms with Crippen LogP contribution >= 0.6 is 0 Å². The van der Waals surface area contributed by atoms with Crippen molar-refractivity contribution in [3.63, 3.8) is 0 Å². The molecule has 1 aromatic rings. The van der Waals surface area contributed by atoms with Crippen LogP contribution in [0.25, 0.3) is 0 Å². The molecule has 1 saturated heterocycles. The van der Waals surface area contributed by atoms with Crippen molar-refractivity contribution < 1.29 is 13.9 Å². The number of benzene rings is 1. The van der Waals surface area contributed by atoms with Gasteiger partial charge in [0.1, 0.15) is 17.1 Å². The predicted molar refractivity (Wildman–Crippen MR) is 75.3 cm³/mol. The molecule has 0 aromatic heterocycles. The summed E-state index contributed by atoms with van der Waals surface area (Å²) >= 11 is 0. The van der Waals surface area contributed by atoms with E-state index in [1.54, 1.807) is 11.0 Å². The predicted octanol–water partition coefficient (Wildman–Crippen LogP) is 2.18. The van der Waals surface area contributed by atoms with E-state index in [9.17, 15) is 9.18 Å². The minimum atomic E-state index is -0.553. The minimum absolute atomic E-state index is 0.00204. The summed E-state index contributed by atoms with van der Waals surface area (Å²) in [7, 11) is 1.44. The standard InChI is InChI=1S/C15H21FN2O2/c1-10-5-3-6-11(9-17)18(10)15(19)14-12(16)7-4-8-13(14)20-2/h4,7-8,10-11H,3,5-6,9,17H2,1-2H3. The summed E-state index contributed by atoms with van der Waals surface area (Å²) in [4.78, 5) is 14.4. The molecule has 20 heavy (non-hydrogen) atoms. The highest BCUT2D eigenvalue weighted by atomic mass is 19.1. The topological polar surface area (TPSA) is 55.6 Å². The lowest BCUT2D eigenvalue weighted by Gasteiger charge is -2.40. The minimum Gasteiger partial charge on any atom is -0.496 e. The van der Waals surface area contributed by atoms with Crippen molar-refractivity contribution in [3.05, 3.63) is 29.6 Å². The number of carbonyl (C=O) groups is 1. The van der Waals surface area contributed by atoms with Gasteiger partial charge in [-0.1, -0.05) is 6.07 Å². The molecule has 2 N–H and O–H groups in total. The van der Waals surface area contributed by atoms with Crippen LogP contribution in [-0.4, -0.2) is 36.5 Å². The molecule has 0 spiro atoms. The van der Waals surface area contributed by atoms with Crippen LogP contribution in [0.2, 0.25) is 0 Å². The molecule has 1 aromatic carbocycles. The van der Waals surface area contributed by atoms with E-state index in [0.29, 0.717) is 6.54 Å². The van der Waals surface area contributed by atoms with Gasteiger partial charge in [-0.3, -0.25) is 4.79 Å². The van der Waals surface area contributed by atoms with Crippen molar-refractivity contribution in [3.8, 4) is 5.75 Å². The Morgan fingerprint density at radius 1 is 1.50 bits per heavy atom. The van der Waals surface area contributed by atoms with Gasteiger partial charge in [-0.2, -0.15) is 0 Å². The molecule has 2 unspecified atom stereocenters. The van der Waals surface area contributed by atoms with Crippen LogP contribution in [0.1, 0.15) is 36.5 Å². The molecule has 0 radical (unpaired) electrons. The molecule has 1 aliphatic heterocycles. The van der Waals surface area contributed by atoms with E-state index >= 15 is 0 Å². The number of ether oxygens (including phenoxy) is 1. The Hall–Kier alpha value is -1.62. The number of nitrogens with zero attached hydrogens (tertiary/aromatic N) is 1. The molecule has 1 aliphatic rings. The van der Waals surface area contributed by atoms with Gasteiger partial charge < -0.3 is 15.4 Å². The van der Waals surface area contributed by atoms with Crippen molar-refractivity contribution in [1.82, 2.24) is 4.90 Å². The summed E-state index contributed by atoms with van der Waals surface area (Å²) in [5.74, 6) is -0.617. The highest BCUT2D eigenvalue weighted by Crippen LogP contribution is 2.29. The van der Waals surface area contributed by atoms with E-state index < -0.39 is 5.82 Å². The number of piperidine rings is 1. The zero-order valence-electron chi connectivity index (χ0n) is 11.9. The van der Waals surface area contributed by atoms with Crippen LogP contribution in [0.3, 0.4) is 0 Å². The largest absolute Gasteiger partial charge is 0.496 e. The Bertz CT molecular complexity index is 493. The number of carbonyl (C=O) groups excluding carboxylic acids is 1. The van der Waals surface area contributed by atoms with E-state index in [0.717, 1.165) is 19.3 Å².